The molecule has 2 aromatic heterocycles. The van der Waals surface area contributed by atoms with Gasteiger partial charge in [0, 0.05) is 5.38 Å². The third-order valence-corrected chi connectivity index (χ3v) is 3.82. The molecule has 0 aromatic carbocycles. The summed E-state index contributed by atoms with van der Waals surface area (Å²) < 4.78 is 5.25. The van der Waals surface area contributed by atoms with Gasteiger partial charge in [-0.3, -0.25) is 0 Å². The van der Waals surface area contributed by atoms with Gasteiger partial charge in [0.15, 0.2) is 5.82 Å². The maximum atomic E-state index is 6.02. The van der Waals surface area contributed by atoms with Gasteiger partial charge in [0.25, 0.3) is 5.89 Å². The molecule has 1 aliphatic carbocycles. The van der Waals surface area contributed by atoms with Gasteiger partial charge in [0.05, 0.1) is 11.6 Å². The predicted molar refractivity (Wildman–Crippen MR) is 62.0 cm³/mol. The Morgan fingerprint density at radius 3 is 2.94 bits per heavy atom. The molecule has 2 aromatic rings. The predicted octanol–water partition coefficient (Wildman–Crippen LogP) is 2.52. The first-order chi connectivity index (χ1) is 7.75. The summed E-state index contributed by atoms with van der Waals surface area (Å²) >= 11 is 1.64. The van der Waals surface area contributed by atoms with Gasteiger partial charge in [0.2, 0.25) is 0 Å². The molecule has 2 N–H and O–H groups in total. The topological polar surface area (TPSA) is 64.9 Å². The van der Waals surface area contributed by atoms with Crippen LogP contribution in [0.5, 0.6) is 0 Å². The van der Waals surface area contributed by atoms with Crippen LogP contribution in [-0.2, 0) is 0 Å². The van der Waals surface area contributed by atoms with Crippen molar-refractivity contribution < 1.29 is 4.52 Å². The largest absolute Gasteiger partial charge is 0.334 e. The van der Waals surface area contributed by atoms with E-state index in [0.29, 0.717) is 17.6 Å². The van der Waals surface area contributed by atoms with Crippen LogP contribution in [-0.4, -0.2) is 10.1 Å². The third kappa shape index (κ3) is 1.66. The molecule has 0 spiro atoms. The fourth-order valence-electron chi connectivity index (χ4n) is 1.73. The molecule has 0 amide bonds. The number of hydrogen-bond acceptors (Lipinski definition) is 5. The maximum absolute atomic E-state index is 6.02. The van der Waals surface area contributed by atoms with Crippen molar-refractivity contribution in [2.75, 3.05) is 0 Å². The average Bonchev–Trinajstić information content (AvgIpc) is 2.86. The van der Waals surface area contributed by atoms with Crippen molar-refractivity contribution in [1.29, 1.82) is 0 Å². The molecule has 0 radical (unpaired) electrons. The lowest BCUT2D eigenvalue weighted by Crippen LogP contribution is -2.13. The second-order valence-corrected chi connectivity index (χ2v) is 5.03. The summed E-state index contributed by atoms with van der Waals surface area (Å²) in [4.78, 5) is 4.38. The van der Waals surface area contributed by atoms with Crippen molar-refractivity contribution in [2.45, 2.75) is 25.8 Å². The molecule has 1 atom stereocenters. The van der Waals surface area contributed by atoms with E-state index in [0.717, 1.165) is 5.56 Å². The molecule has 1 aliphatic rings. The molecule has 5 heteroatoms. The van der Waals surface area contributed by atoms with E-state index < -0.39 is 0 Å². The smallest absolute Gasteiger partial charge is 0.259 e. The van der Waals surface area contributed by atoms with Crippen LogP contribution in [0.4, 0.5) is 0 Å². The molecule has 2 heterocycles. The normalized spacial score (nSPS) is 17.6. The van der Waals surface area contributed by atoms with Crippen molar-refractivity contribution >= 4 is 11.3 Å². The Balaban J connectivity index is 1.90. The Morgan fingerprint density at radius 2 is 2.31 bits per heavy atom. The van der Waals surface area contributed by atoms with E-state index in [-0.39, 0.29) is 6.04 Å². The molecular formula is C11H13N3OS. The monoisotopic (exact) mass is 235 g/mol. The lowest BCUT2D eigenvalue weighted by molar-refractivity contribution is 0.411. The van der Waals surface area contributed by atoms with E-state index in [9.17, 15) is 0 Å². The summed E-state index contributed by atoms with van der Waals surface area (Å²) in [7, 11) is 0. The van der Waals surface area contributed by atoms with Gasteiger partial charge in [-0.25, -0.2) is 0 Å². The lowest BCUT2D eigenvalue weighted by atomic mass is 10.2. The Hall–Kier alpha value is -1.20. The highest BCUT2D eigenvalue weighted by Crippen LogP contribution is 2.39. The molecule has 84 valence electrons. The van der Waals surface area contributed by atoms with E-state index in [2.05, 4.69) is 15.5 Å². The quantitative estimate of drug-likeness (QED) is 0.887. The van der Waals surface area contributed by atoms with Gasteiger partial charge < -0.3 is 10.3 Å². The van der Waals surface area contributed by atoms with Crippen LogP contribution >= 0.6 is 11.3 Å². The number of rotatable bonds is 3. The summed E-state index contributed by atoms with van der Waals surface area (Å²) in [6, 6.07) is -0.0589. The van der Waals surface area contributed by atoms with Gasteiger partial charge in [-0.1, -0.05) is 5.16 Å². The van der Waals surface area contributed by atoms with E-state index in [1.165, 1.54) is 18.4 Å². The first kappa shape index (κ1) is 9.99. The molecule has 4 nitrogen and oxygen atoms in total. The summed E-state index contributed by atoms with van der Waals surface area (Å²) in [6.07, 6.45) is 2.37. The fourth-order valence-corrected chi connectivity index (χ4v) is 2.55. The Labute approximate surface area is 97.5 Å². The molecular weight excluding hydrogens is 222 g/mol. The SMILES string of the molecule is Cc1cscc1-c1nc(C(N)C2CC2)no1. The lowest BCUT2D eigenvalue weighted by Gasteiger charge is -2.01. The van der Waals surface area contributed by atoms with E-state index in [1.807, 2.05) is 12.3 Å². The summed E-state index contributed by atoms with van der Waals surface area (Å²) in [5.74, 6) is 1.78. The number of nitrogens with two attached hydrogens (primary N) is 1. The number of hydrogen-bond donors (Lipinski definition) is 1. The molecule has 16 heavy (non-hydrogen) atoms. The number of thiophene rings is 1. The van der Waals surface area contributed by atoms with Gasteiger partial charge in [-0.15, -0.1) is 0 Å². The highest BCUT2D eigenvalue weighted by molar-refractivity contribution is 7.08. The summed E-state index contributed by atoms with van der Waals surface area (Å²) in [5.41, 5.74) is 8.21. The number of aromatic nitrogens is 2. The van der Waals surface area contributed by atoms with Crippen LogP contribution in [0.2, 0.25) is 0 Å². The zero-order valence-electron chi connectivity index (χ0n) is 9.01. The van der Waals surface area contributed by atoms with Crippen molar-refractivity contribution in [3.8, 4) is 11.5 Å². The first-order valence-electron chi connectivity index (χ1n) is 5.38. The van der Waals surface area contributed by atoms with Crippen LogP contribution < -0.4 is 5.73 Å². The maximum Gasteiger partial charge on any atom is 0.259 e. The highest BCUT2D eigenvalue weighted by Gasteiger charge is 2.32. The molecule has 3 rings (SSSR count). The van der Waals surface area contributed by atoms with Crippen LogP contribution in [0.1, 0.15) is 30.3 Å². The van der Waals surface area contributed by atoms with Gasteiger partial charge in [-0.2, -0.15) is 16.3 Å². The minimum atomic E-state index is -0.0589. The minimum Gasteiger partial charge on any atom is -0.334 e. The first-order valence-corrected chi connectivity index (χ1v) is 6.32. The van der Waals surface area contributed by atoms with Gasteiger partial charge >= 0.3 is 0 Å². The zero-order chi connectivity index (χ0) is 11.1. The van der Waals surface area contributed by atoms with E-state index >= 15 is 0 Å². The van der Waals surface area contributed by atoms with Gasteiger partial charge in [-0.05, 0) is 36.6 Å². The van der Waals surface area contributed by atoms with E-state index in [1.54, 1.807) is 11.3 Å². The Morgan fingerprint density at radius 1 is 1.50 bits per heavy atom. The average molecular weight is 235 g/mol. The van der Waals surface area contributed by atoms with E-state index in [4.69, 9.17) is 10.3 Å². The van der Waals surface area contributed by atoms with Crippen molar-refractivity contribution in [2.24, 2.45) is 11.7 Å². The number of nitrogens with zero attached hydrogens (tertiary/aromatic N) is 2. The molecule has 0 aliphatic heterocycles. The van der Waals surface area contributed by atoms with Crippen LogP contribution in [0, 0.1) is 12.8 Å². The zero-order valence-corrected chi connectivity index (χ0v) is 9.83. The summed E-state index contributed by atoms with van der Waals surface area (Å²) in [5, 5.41) is 8.06. The van der Waals surface area contributed by atoms with Crippen LogP contribution in [0.25, 0.3) is 11.5 Å². The van der Waals surface area contributed by atoms with Gasteiger partial charge in [0.1, 0.15) is 0 Å². The fraction of sp³-hybridized carbons (Fsp3) is 0.455. The van der Waals surface area contributed by atoms with Crippen molar-refractivity contribution in [3.63, 3.8) is 0 Å². The molecule has 0 bridgehead atoms. The number of aryl methyl sites for hydroxylation is 1. The summed E-state index contributed by atoms with van der Waals surface area (Å²) in [6.45, 7) is 2.04. The second kappa shape index (κ2) is 3.68. The molecule has 1 unspecified atom stereocenters. The Bertz CT molecular complexity index is 501. The highest BCUT2D eigenvalue weighted by atomic mass is 32.1. The van der Waals surface area contributed by atoms with Crippen molar-refractivity contribution in [1.82, 2.24) is 10.1 Å². The molecule has 1 fully saturated rings. The standard InChI is InChI=1S/C11H13N3OS/c1-6-4-16-5-8(6)11-13-10(14-15-11)9(12)7-2-3-7/h4-5,7,9H,2-3,12H2,1H3. The molecule has 1 saturated carbocycles. The minimum absolute atomic E-state index is 0.0589. The second-order valence-electron chi connectivity index (χ2n) is 4.29. The van der Waals surface area contributed by atoms with Crippen molar-refractivity contribution in [3.05, 3.63) is 22.1 Å². The van der Waals surface area contributed by atoms with Crippen LogP contribution in [0.15, 0.2) is 15.3 Å². The molecule has 0 saturated heterocycles. The Kier molecular flexibility index (Phi) is 2.29. The van der Waals surface area contributed by atoms with Crippen LogP contribution in [0.3, 0.4) is 0 Å². The third-order valence-electron chi connectivity index (χ3n) is 2.96.